The zero-order valence-corrected chi connectivity index (χ0v) is 18.4. The second kappa shape index (κ2) is 7.80. The first kappa shape index (κ1) is 20.8. The summed E-state index contributed by atoms with van der Waals surface area (Å²) in [5.41, 5.74) is 14.2. The molecule has 0 bridgehead atoms. The number of hydrogen-bond acceptors (Lipinski definition) is 7. The minimum atomic E-state index is -1.04. The molecule has 1 aliphatic carbocycles. The standard InChI is InChI=1S/C22H20BrFN6O2/c23-14-8-13-15(24)5-10(6-16(13)29-21(14)26)1-2-11-7-17(19(32)18(11)31)30-4-3-12-20(25)27-9-28-22(12)30/h3-9,17-19,31-32H,1-2H2,(H2,26,29)(H2,25,27,28)/t17-,18-,19+/m1/s1. The van der Waals surface area contributed by atoms with Crippen LogP contribution in [0.25, 0.3) is 21.9 Å². The van der Waals surface area contributed by atoms with Crippen LogP contribution in [0.4, 0.5) is 16.0 Å². The highest BCUT2D eigenvalue weighted by Crippen LogP contribution is 2.35. The number of nitrogens with zero attached hydrogens (tertiary/aromatic N) is 4. The molecule has 6 N–H and O–H groups in total. The molecule has 0 amide bonds. The predicted octanol–water partition coefficient (Wildman–Crippen LogP) is 2.88. The SMILES string of the molecule is Nc1nc2cc(CCC3=C[C@@H](n4ccc5c(N)ncnc54)[C@H](O)[C@@H]3O)cc(F)c2cc1Br. The van der Waals surface area contributed by atoms with E-state index in [1.807, 2.05) is 6.08 Å². The van der Waals surface area contributed by atoms with Crippen LogP contribution >= 0.6 is 15.9 Å². The Kier molecular flexibility index (Phi) is 5.07. The minimum Gasteiger partial charge on any atom is -0.388 e. The number of aliphatic hydroxyl groups is 2. The first-order valence-electron chi connectivity index (χ1n) is 10.0. The van der Waals surface area contributed by atoms with Crippen molar-refractivity contribution >= 4 is 49.5 Å². The molecule has 32 heavy (non-hydrogen) atoms. The van der Waals surface area contributed by atoms with Crippen LogP contribution < -0.4 is 11.5 Å². The van der Waals surface area contributed by atoms with Gasteiger partial charge in [0.2, 0.25) is 0 Å². The zero-order chi connectivity index (χ0) is 22.6. The average Bonchev–Trinajstić information content (AvgIpc) is 3.31. The minimum absolute atomic E-state index is 0.289. The maximum atomic E-state index is 14.6. The second-order valence-corrected chi connectivity index (χ2v) is 8.74. The summed E-state index contributed by atoms with van der Waals surface area (Å²) in [5.74, 6) is 0.253. The van der Waals surface area contributed by atoms with Gasteiger partial charge in [0.1, 0.15) is 41.6 Å². The van der Waals surface area contributed by atoms with E-state index in [9.17, 15) is 14.6 Å². The van der Waals surface area contributed by atoms with E-state index in [2.05, 4.69) is 30.9 Å². The Morgan fingerprint density at radius 1 is 1.06 bits per heavy atom. The number of pyridine rings is 1. The maximum absolute atomic E-state index is 14.6. The Hall–Kier alpha value is -3.08. The van der Waals surface area contributed by atoms with E-state index in [0.717, 1.165) is 5.56 Å². The number of rotatable bonds is 4. The van der Waals surface area contributed by atoms with E-state index in [0.29, 0.717) is 50.6 Å². The summed E-state index contributed by atoms with van der Waals surface area (Å²) in [7, 11) is 0. The molecule has 3 atom stereocenters. The number of fused-ring (bicyclic) bond motifs is 2. The maximum Gasteiger partial charge on any atom is 0.146 e. The number of anilines is 2. The van der Waals surface area contributed by atoms with Crippen molar-refractivity contribution < 1.29 is 14.6 Å². The van der Waals surface area contributed by atoms with Crippen molar-refractivity contribution in [2.24, 2.45) is 0 Å². The molecule has 0 radical (unpaired) electrons. The number of aryl methyl sites for hydroxylation is 1. The van der Waals surface area contributed by atoms with Crippen LogP contribution in [0.5, 0.6) is 0 Å². The Labute approximate surface area is 190 Å². The first-order valence-corrected chi connectivity index (χ1v) is 10.8. The second-order valence-electron chi connectivity index (χ2n) is 7.89. The van der Waals surface area contributed by atoms with E-state index in [-0.39, 0.29) is 11.6 Å². The van der Waals surface area contributed by atoms with E-state index in [1.165, 1.54) is 12.4 Å². The molecule has 1 aliphatic rings. The van der Waals surface area contributed by atoms with Gasteiger partial charge in [0.05, 0.1) is 21.4 Å². The third-order valence-electron chi connectivity index (χ3n) is 5.93. The van der Waals surface area contributed by atoms with Crippen molar-refractivity contribution in [1.29, 1.82) is 0 Å². The van der Waals surface area contributed by atoms with Gasteiger partial charge >= 0.3 is 0 Å². The molecule has 3 heterocycles. The van der Waals surface area contributed by atoms with Gasteiger partial charge in [-0.15, -0.1) is 0 Å². The Bertz CT molecular complexity index is 1390. The number of halogens is 2. The lowest BCUT2D eigenvalue weighted by Gasteiger charge is -2.19. The molecule has 0 saturated heterocycles. The van der Waals surface area contributed by atoms with E-state index in [4.69, 9.17) is 11.5 Å². The highest BCUT2D eigenvalue weighted by Gasteiger charge is 2.36. The van der Waals surface area contributed by atoms with Crippen LogP contribution in [-0.2, 0) is 6.42 Å². The topological polar surface area (TPSA) is 136 Å². The van der Waals surface area contributed by atoms with E-state index in [1.54, 1.807) is 29.0 Å². The fraction of sp³-hybridized carbons (Fsp3) is 0.227. The quantitative estimate of drug-likeness (QED) is 0.317. The molecular formula is C22H20BrFN6O2. The first-order chi connectivity index (χ1) is 15.3. The summed E-state index contributed by atoms with van der Waals surface area (Å²) >= 11 is 3.27. The van der Waals surface area contributed by atoms with Crippen LogP contribution in [0.2, 0.25) is 0 Å². The molecule has 0 aliphatic heterocycles. The van der Waals surface area contributed by atoms with Crippen LogP contribution in [0.15, 0.2) is 52.9 Å². The van der Waals surface area contributed by atoms with Gasteiger partial charge in [-0.3, -0.25) is 0 Å². The molecule has 0 fully saturated rings. The lowest BCUT2D eigenvalue weighted by Crippen LogP contribution is -2.29. The third kappa shape index (κ3) is 3.40. The Balaban J connectivity index is 1.42. The molecule has 5 rings (SSSR count). The van der Waals surface area contributed by atoms with Gasteiger partial charge in [0.15, 0.2) is 0 Å². The van der Waals surface area contributed by atoms with Crippen LogP contribution in [0.3, 0.4) is 0 Å². The van der Waals surface area contributed by atoms with Crippen molar-refractivity contribution in [3.63, 3.8) is 0 Å². The molecule has 0 unspecified atom stereocenters. The summed E-state index contributed by atoms with van der Waals surface area (Å²) in [6.45, 7) is 0. The smallest absolute Gasteiger partial charge is 0.146 e. The van der Waals surface area contributed by atoms with Gasteiger partial charge in [-0.2, -0.15) is 0 Å². The predicted molar refractivity (Wildman–Crippen MR) is 123 cm³/mol. The fourth-order valence-electron chi connectivity index (χ4n) is 4.24. The molecule has 4 aromatic rings. The van der Waals surface area contributed by atoms with E-state index >= 15 is 0 Å². The largest absolute Gasteiger partial charge is 0.388 e. The van der Waals surface area contributed by atoms with Crippen LogP contribution in [-0.4, -0.2) is 41.9 Å². The van der Waals surface area contributed by atoms with Gasteiger partial charge in [-0.05, 0) is 64.2 Å². The number of aliphatic hydroxyl groups excluding tert-OH is 2. The molecule has 164 valence electrons. The summed E-state index contributed by atoms with van der Waals surface area (Å²) < 4.78 is 16.9. The van der Waals surface area contributed by atoms with Crippen LogP contribution in [0.1, 0.15) is 18.0 Å². The summed E-state index contributed by atoms with van der Waals surface area (Å²) in [6, 6.07) is 6.14. The number of nitrogen functional groups attached to an aromatic ring is 2. The lowest BCUT2D eigenvalue weighted by atomic mass is 10.0. The molecule has 0 spiro atoms. The van der Waals surface area contributed by atoms with E-state index < -0.39 is 18.2 Å². The van der Waals surface area contributed by atoms with Crippen molar-refractivity contribution in [2.75, 3.05) is 11.5 Å². The van der Waals surface area contributed by atoms with Gasteiger partial charge in [0.25, 0.3) is 0 Å². The monoisotopic (exact) mass is 498 g/mol. The van der Waals surface area contributed by atoms with Crippen molar-refractivity contribution in [2.45, 2.75) is 31.1 Å². The van der Waals surface area contributed by atoms with Gasteiger partial charge in [-0.25, -0.2) is 19.3 Å². The summed E-state index contributed by atoms with van der Waals surface area (Å²) in [4.78, 5) is 12.5. The number of benzene rings is 1. The van der Waals surface area contributed by atoms with Crippen LogP contribution in [0, 0.1) is 5.82 Å². The third-order valence-corrected chi connectivity index (χ3v) is 6.56. The number of nitrogens with two attached hydrogens (primary N) is 2. The molecule has 3 aromatic heterocycles. The zero-order valence-electron chi connectivity index (χ0n) is 16.8. The Morgan fingerprint density at radius 2 is 1.88 bits per heavy atom. The van der Waals surface area contributed by atoms with Gasteiger partial charge in [0, 0.05) is 11.6 Å². The van der Waals surface area contributed by atoms with Crippen molar-refractivity contribution in [3.8, 4) is 0 Å². The number of hydrogen-bond donors (Lipinski definition) is 4. The number of aromatic nitrogens is 4. The fourth-order valence-corrected chi connectivity index (χ4v) is 4.56. The summed E-state index contributed by atoms with van der Waals surface area (Å²) in [5, 5.41) is 22.4. The molecular weight excluding hydrogens is 479 g/mol. The summed E-state index contributed by atoms with van der Waals surface area (Å²) in [6.07, 6.45) is 3.80. The lowest BCUT2D eigenvalue weighted by molar-refractivity contribution is 0.0317. The molecule has 1 aromatic carbocycles. The molecule has 0 saturated carbocycles. The highest BCUT2D eigenvalue weighted by molar-refractivity contribution is 9.10. The molecule has 8 nitrogen and oxygen atoms in total. The normalized spacial score (nSPS) is 20.9. The van der Waals surface area contributed by atoms with Gasteiger partial charge in [-0.1, -0.05) is 6.08 Å². The van der Waals surface area contributed by atoms with Crippen molar-refractivity contribution in [1.82, 2.24) is 19.5 Å². The highest BCUT2D eigenvalue weighted by atomic mass is 79.9. The van der Waals surface area contributed by atoms with Crippen molar-refractivity contribution in [3.05, 3.63) is 64.3 Å². The molecule has 10 heteroatoms. The van der Waals surface area contributed by atoms with Gasteiger partial charge < -0.3 is 26.2 Å². The Morgan fingerprint density at radius 3 is 2.69 bits per heavy atom. The average molecular weight is 499 g/mol.